The Balaban J connectivity index is 1.99. The summed E-state index contributed by atoms with van der Waals surface area (Å²) in [5, 5.41) is 0. The van der Waals surface area contributed by atoms with Gasteiger partial charge >= 0.3 is 0 Å². The van der Waals surface area contributed by atoms with E-state index in [-0.39, 0.29) is 0 Å². The molecule has 2 heteroatoms. The average Bonchev–Trinajstić information content (AvgIpc) is 2.40. The van der Waals surface area contributed by atoms with Gasteiger partial charge in [0.05, 0.1) is 0 Å². The minimum absolute atomic E-state index is 0.585. The molecule has 1 heterocycles. The number of likely N-dealkylation sites (tertiary alicyclic amines) is 1. The SMILES string of the molecule is CC(CCN)c1ccc(C2CCN(C)CC2)cc1. The van der Waals surface area contributed by atoms with Crippen LogP contribution in [0.1, 0.15) is 49.1 Å². The fourth-order valence-corrected chi connectivity index (χ4v) is 2.86. The number of nitrogens with two attached hydrogens (primary N) is 1. The molecule has 100 valence electrons. The molecule has 2 N–H and O–H groups in total. The van der Waals surface area contributed by atoms with Crippen molar-refractivity contribution in [1.82, 2.24) is 4.90 Å². The Morgan fingerprint density at radius 2 is 1.83 bits per heavy atom. The van der Waals surface area contributed by atoms with E-state index in [4.69, 9.17) is 5.73 Å². The van der Waals surface area contributed by atoms with Gasteiger partial charge in [0.2, 0.25) is 0 Å². The first-order valence-electron chi connectivity index (χ1n) is 7.19. The molecule has 1 aromatic carbocycles. The molecule has 1 atom stereocenters. The van der Waals surface area contributed by atoms with Gasteiger partial charge in [0, 0.05) is 0 Å². The third kappa shape index (κ3) is 3.33. The monoisotopic (exact) mass is 246 g/mol. The highest BCUT2D eigenvalue weighted by molar-refractivity contribution is 5.27. The number of hydrogen-bond acceptors (Lipinski definition) is 2. The number of nitrogens with zero attached hydrogens (tertiary/aromatic N) is 1. The van der Waals surface area contributed by atoms with Crippen LogP contribution in [0.4, 0.5) is 0 Å². The van der Waals surface area contributed by atoms with Crippen molar-refractivity contribution >= 4 is 0 Å². The van der Waals surface area contributed by atoms with Gasteiger partial charge in [0.15, 0.2) is 0 Å². The summed E-state index contributed by atoms with van der Waals surface area (Å²) in [7, 11) is 2.22. The molecule has 1 aliphatic rings. The van der Waals surface area contributed by atoms with Crippen molar-refractivity contribution in [2.24, 2.45) is 5.73 Å². The zero-order valence-electron chi connectivity index (χ0n) is 11.7. The van der Waals surface area contributed by atoms with Gasteiger partial charge in [-0.1, -0.05) is 31.2 Å². The second kappa shape index (κ2) is 6.35. The zero-order valence-corrected chi connectivity index (χ0v) is 11.7. The van der Waals surface area contributed by atoms with Crippen LogP contribution in [-0.2, 0) is 0 Å². The molecule has 1 unspecified atom stereocenters. The molecule has 2 nitrogen and oxygen atoms in total. The van der Waals surface area contributed by atoms with E-state index in [1.807, 2.05) is 0 Å². The lowest BCUT2D eigenvalue weighted by molar-refractivity contribution is 0.255. The number of hydrogen-bond donors (Lipinski definition) is 1. The van der Waals surface area contributed by atoms with Crippen LogP contribution < -0.4 is 5.73 Å². The fourth-order valence-electron chi connectivity index (χ4n) is 2.86. The molecule has 0 aromatic heterocycles. The van der Waals surface area contributed by atoms with Gasteiger partial charge in [-0.2, -0.15) is 0 Å². The van der Waals surface area contributed by atoms with Crippen LogP contribution in [0.2, 0.25) is 0 Å². The molecule has 1 aromatic rings. The van der Waals surface area contributed by atoms with Gasteiger partial charge in [0.1, 0.15) is 0 Å². The lowest BCUT2D eigenvalue weighted by atomic mass is 9.88. The maximum Gasteiger partial charge on any atom is -0.00159 e. The van der Waals surface area contributed by atoms with Crippen LogP contribution in [0.5, 0.6) is 0 Å². The number of rotatable bonds is 4. The van der Waals surface area contributed by atoms with Crippen LogP contribution in [0.3, 0.4) is 0 Å². The Hall–Kier alpha value is -0.860. The minimum Gasteiger partial charge on any atom is -0.330 e. The predicted octanol–water partition coefficient (Wildman–Crippen LogP) is 2.95. The second-order valence-electron chi connectivity index (χ2n) is 5.72. The molecule has 0 spiro atoms. The van der Waals surface area contributed by atoms with Crippen molar-refractivity contribution in [3.63, 3.8) is 0 Å². The number of benzene rings is 1. The molecule has 1 fully saturated rings. The van der Waals surface area contributed by atoms with E-state index in [0.717, 1.165) is 18.9 Å². The van der Waals surface area contributed by atoms with Crippen LogP contribution in [0, 0.1) is 0 Å². The molecule has 1 aliphatic heterocycles. The molecule has 0 radical (unpaired) electrons. The van der Waals surface area contributed by atoms with E-state index in [1.165, 1.54) is 37.1 Å². The molecular formula is C16H26N2. The summed E-state index contributed by atoms with van der Waals surface area (Å²) in [5.41, 5.74) is 8.57. The van der Waals surface area contributed by atoms with Crippen LogP contribution in [-0.4, -0.2) is 31.6 Å². The van der Waals surface area contributed by atoms with Crippen molar-refractivity contribution in [3.05, 3.63) is 35.4 Å². The second-order valence-corrected chi connectivity index (χ2v) is 5.72. The van der Waals surface area contributed by atoms with Crippen molar-refractivity contribution in [2.45, 2.75) is 38.0 Å². The molecule has 0 amide bonds. The molecule has 1 saturated heterocycles. The molecule has 2 rings (SSSR count). The Labute approximate surface area is 111 Å². The van der Waals surface area contributed by atoms with Gasteiger partial charge in [-0.15, -0.1) is 0 Å². The Kier molecular flexibility index (Phi) is 4.79. The van der Waals surface area contributed by atoms with Crippen LogP contribution in [0.25, 0.3) is 0 Å². The van der Waals surface area contributed by atoms with Crippen LogP contribution in [0.15, 0.2) is 24.3 Å². The van der Waals surface area contributed by atoms with E-state index in [1.54, 1.807) is 0 Å². The number of piperidine rings is 1. The maximum atomic E-state index is 5.62. The predicted molar refractivity (Wildman–Crippen MR) is 78.0 cm³/mol. The highest BCUT2D eigenvalue weighted by Gasteiger charge is 2.18. The van der Waals surface area contributed by atoms with Crippen molar-refractivity contribution in [3.8, 4) is 0 Å². The molecule has 0 aliphatic carbocycles. The van der Waals surface area contributed by atoms with E-state index >= 15 is 0 Å². The Morgan fingerprint density at radius 1 is 1.22 bits per heavy atom. The summed E-state index contributed by atoms with van der Waals surface area (Å²) < 4.78 is 0. The summed E-state index contributed by atoms with van der Waals surface area (Å²) in [6.07, 6.45) is 3.68. The third-order valence-corrected chi connectivity index (χ3v) is 4.30. The normalized spacial score (nSPS) is 19.9. The first-order valence-corrected chi connectivity index (χ1v) is 7.19. The Morgan fingerprint density at radius 3 is 2.39 bits per heavy atom. The van der Waals surface area contributed by atoms with E-state index < -0.39 is 0 Å². The highest BCUT2D eigenvalue weighted by atomic mass is 15.1. The largest absolute Gasteiger partial charge is 0.330 e. The highest BCUT2D eigenvalue weighted by Crippen LogP contribution is 2.29. The Bertz CT molecular complexity index is 350. The first-order chi connectivity index (χ1) is 8.70. The molecule has 0 saturated carbocycles. The lowest BCUT2D eigenvalue weighted by Gasteiger charge is -2.29. The van der Waals surface area contributed by atoms with E-state index in [9.17, 15) is 0 Å². The van der Waals surface area contributed by atoms with E-state index in [0.29, 0.717) is 5.92 Å². The minimum atomic E-state index is 0.585. The fraction of sp³-hybridized carbons (Fsp3) is 0.625. The summed E-state index contributed by atoms with van der Waals surface area (Å²) in [6, 6.07) is 9.26. The smallest absolute Gasteiger partial charge is 0.00159 e. The summed E-state index contributed by atoms with van der Waals surface area (Å²) in [5.74, 6) is 1.35. The summed E-state index contributed by atoms with van der Waals surface area (Å²) in [4.78, 5) is 2.42. The van der Waals surface area contributed by atoms with Gasteiger partial charge in [0.25, 0.3) is 0 Å². The summed E-state index contributed by atoms with van der Waals surface area (Å²) >= 11 is 0. The topological polar surface area (TPSA) is 29.3 Å². The summed E-state index contributed by atoms with van der Waals surface area (Å²) in [6.45, 7) is 5.50. The van der Waals surface area contributed by atoms with Crippen molar-refractivity contribution in [1.29, 1.82) is 0 Å². The van der Waals surface area contributed by atoms with Gasteiger partial charge in [-0.3, -0.25) is 0 Å². The maximum absolute atomic E-state index is 5.62. The van der Waals surface area contributed by atoms with Crippen LogP contribution >= 0.6 is 0 Å². The molecular weight excluding hydrogens is 220 g/mol. The zero-order chi connectivity index (χ0) is 13.0. The quantitative estimate of drug-likeness (QED) is 0.885. The lowest BCUT2D eigenvalue weighted by Crippen LogP contribution is -2.29. The molecule has 0 bridgehead atoms. The van der Waals surface area contributed by atoms with Crippen molar-refractivity contribution < 1.29 is 0 Å². The van der Waals surface area contributed by atoms with Gasteiger partial charge < -0.3 is 10.6 Å². The third-order valence-electron chi connectivity index (χ3n) is 4.30. The van der Waals surface area contributed by atoms with Gasteiger partial charge in [-0.05, 0) is 68.9 Å². The average molecular weight is 246 g/mol. The van der Waals surface area contributed by atoms with Crippen molar-refractivity contribution in [2.75, 3.05) is 26.7 Å². The van der Waals surface area contributed by atoms with E-state index in [2.05, 4.69) is 43.1 Å². The van der Waals surface area contributed by atoms with Gasteiger partial charge in [-0.25, -0.2) is 0 Å². The first kappa shape index (κ1) is 13.6. The standard InChI is InChI=1S/C16H26N2/c1-13(7-10-17)14-3-5-15(6-4-14)16-8-11-18(2)12-9-16/h3-6,13,16H,7-12,17H2,1-2H3. The molecule has 18 heavy (non-hydrogen) atoms.